The molecule has 0 aromatic carbocycles. The Labute approximate surface area is 128 Å². The summed E-state index contributed by atoms with van der Waals surface area (Å²) in [4.78, 5) is 0. The topological polar surface area (TPSA) is 21.3 Å². The molecule has 0 aromatic heterocycles. The first-order valence-corrected chi connectivity index (χ1v) is 9.72. The number of hydrogen-bond acceptors (Lipinski definition) is 3. The third-order valence-electron chi connectivity index (χ3n) is 6.13. The zero-order valence-corrected chi connectivity index (χ0v) is 14.1. The van der Waals surface area contributed by atoms with Gasteiger partial charge in [-0.25, -0.2) is 0 Å². The van der Waals surface area contributed by atoms with E-state index < -0.39 is 0 Å². The van der Waals surface area contributed by atoms with Crippen molar-refractivity contribution in [2.24, 2.45) is 11.3 Å². The Balaban J connectivity index is 1.71. The van der Waals surface area contributed by atoms with Crippen LogP contribution in [0, 0.1) is 11.3 Å². The molecule has 0 bridgehead atoms. The second kappa shape index (κ2) is 6.18. The summed E-state index contributed by atoms with van der Waals surface area (Å²) >= 11 is 2.09. The minimum atomic E-state index is 0.230. The standard InChI is InChI=1S/C17H31NOS/c1-16(7-4-3-5-8-16)15(18-2)14-6-10-19-17(12-14)9-11-20-13-17/h14-15,18H,3-13H2,1-2H3. The number of ether oxygens (including phenoxy) is 1. The molecule has 3 rings (SSSR count). The minimum absolute atomic E-state index is 0.230. The van der Waals surface area contributed by atoms with Crippen LogP contribution in [0.5, 0.6) is 0 Å². The quantitative estimate of drug-likeness (QED) is 0.855. The van der Waals surface area contributed by atoms with Gasteiger partial charge in [0.15, 0.2) is 0 Å². The molecule has 2 saturated heterocycles. The third kappa shape index (κ3) is 2.91. The maximum absolute atomic E-state index is 6.22. The first-order valence-electron chi connectivity index (χ1n) is 8.57. The molecule has 0 amide bonds. The molecule has 3 heteroatoms. The lowest BCUT2D eigenvalue weighted by Crippen LogP contribution is -2.53. The molecule has 1 saturated carbocycles. The van der Waals surface area contributed by atoms with Crippen molar-refractivity contribution in [2.75, 3.05) is 25.2 Å². The van der Waals surface area contributed by atoms with E-state index in [4.69, 9.17) is 4.74 Å². The van der Waals surface area contributed by atoms with Crippen LogP contribution in [-0.4, -0.2) is 36.8 Å². The zero-order valence-electron chi connectivity index (χ0n) is 13.2. The average molecular weight is 298 g/mol. The molecule has 1 spiro atoms. The SMILES string of the molecule is CNC(C1CCOC2(CCSC2)C1)C1(C)CCCCC1. The van der Waals surface area contributed by atoms with Crippen LogP contribution < -0.4 is 5.32 Å². The summed E-state index contributed by atoms with van der Waals surface area (Å²) in [6, 6.07) is 0.689. The summed E-state index contributed by atoms with van der Waals surface area (Å²) in [6.07, 6.45) is 11.0. The Hall–Kier alpha value is 0.270. The van der Waals surface area contributed by atoms with Crippen molar-refractivity contribution in [2.45, 2.75) is 69.9 Å². The number of rotatable bonds is 3. The van der Waals surface area contributed by atoms with E-state index in [2.05, 4.69) is 31.1 Å². The molecule has 2 aliphatic heterocycles. The van der Waals surface area contributed by atoms with E-state index in [1.807, 2.05) is 0 Å². The number of thioether (sulfide) groups is 1. The summed E-state index contributed by atoms with van der Waals surface area (Å²) in [5.41, 5.74) is 0.746. The van der Waals surface area contributed by atoms with Crippen molar-refractivity contribution in [3.05, 3.63) is 0 Å². The lowest BCUT2D eigenvalue weighted by atomic mass is 9.64. The minimum Gasteiger partial charge on any atom is -0.374 e. The second-order valence-electron chi connectivity index (χ2n) is 7.57. The molecule has 3 unspecified atom stereocenters. The predicted molar refractivity (Wildman–Crippen MR) is 87.4 cm³/mol. The van der Waals surface area contributed by atoms with Crippen LogP contribution in [0.15, 0.2) is 0 Å². The van der Waals surface area contributed by atoms with Crippen LogP contribution in [-0.2, 0) is 4.74 Å². The highest BCUT2D eigenvalue weighted by Crippen LogP contribution is 2.47. The van der Waals surface area contributed by atoms with Crippen LogP contribution in [0.4, 0.5) is 0 Å². The van der Waals surface area contributed by atoms with Gasteiger partial charge in [-0.15, -0.1) is 0 Å². The van der Waals surface area contributed by atoms with Gasteiger partial charge in [0, 0.05) is 18.4 Å². The van der Waals surface area contributed by atoms with Gasteiger partial charge in [0.1, 0.15) is 0 Å². The number of hydrogen-bond donors (Lipinski definition) is 1. The Morgan fingerprint density at radius 1 is 1.20 bits per heavy atom. The average Bonchev–Trinajstić information content (AvgIpc) is 2.88. The monoisotopic (exact) mass is 297 g/mol. The van der Waals surface area contributed by atoms with Crippen LogP contribution in [0.3, 0.4) is 0 Å². The van der Waals surface area contributed by atoms with Crippen LogP contribution >= 0.6 is 11.8 Å². The normalized spacial score (nSPS) is 39.0. The Morgan fingerprint density at radius 3 is 2.65 bits per heavy atom. The highest BCUT2D eigenvalue weighted by atomic mass is 32.2. The summed E-state index contributed by atoms with van der Waals surface area (Å²) in [7, 11) is 2.19. The van der Waals surface area contributed by atoms with Crippen molar-refractivity contribution in [3.63, 3.8) is 0 Å². The van der Waals surface area contributed by atoms with Gasteiger partial charge in [-0.3, -0.25) is 0 Å². The van der Waals surface area contributed by atoms with Crippen molar-refractivity contribution in [1.29, 1.82) is 0 Å². The fourth-order valence-electron chi connectivity index (χ4n) is 5.04. The van der Waals surface area contributed by atoms with Crippen molar-refractivity contribution < 1.29 is 4.74 Å². The van der Waals surface area contributed by atoms with E-state index in [0.29, 0.717) is 11.5 Å². The van der Waals surface area contributed by atoms with Gasteiger partial charge in [-0.05, 0) is 56.2 Å². The lowest BCUT2D eigenvalue weighted by molar-refractivity contribution is -0.0947. The Morgan fingerprint density at radius 2 is 2.00 bits per heavy atom. The van der Waals surface area contributed by atoms with Crippen LogP contribution in [0.2, 0.25) is 0 Å². The van der Waals surface area contributed by atoms with E-state index in [0.717, 1.165) is 12.5 Å². The van der Waals surface area contributed by atoms with Crippen LogP contribution in [0.1, 0.15) is 58.3 Å². The molecule has 2 nitrogen and oxygen atoms in total. The zero-order chi connectivity index (χ0) is 14.1. The molecule has 0 aromatic rings. The van der Waals surface area contributed by atoms with Crippen molar-refractivity contribution in [1.82, 2.24) is 5.32 Å². The molecule has 2 heterocycles. The Kier molecular flexibility index (Phi) is 4.69. The molecule has 0 radical (unpaired) electrons. The van der Waals surface area contributed by atoms with Gasteiger partial charge in [-0.1, -0.05) is 26.2 Å². The molecule has 1 aliphatic carbocycles. The van der Waals surface area contributed by atoms with Gasteiger partial charge in [0.25, 0.3) is 0 Å². The Bertz CT molecular complexity index is 321. The van der Waals surface area contributed by atoms with Gasteiger partial charge in [0.05, 0.1) is 5.60 Å². The highest BCUT2D eigenvalue weighted by molar-refractivity contribution is 7.99. The molecule has 20 heavy (non-hydrogen) atoms. The summed E-state index contributed by atoms with van der Waals surface area (Å²) in [6.45, 7) is 3.53. The molecule has 3 aliphatic rings. The van der Waals surface area contributed by atoms with Gasteiger partial charge in [0.2, 0.25) is 0 Å². The first-order chi connectivity index (χ1) is 9.68. The summed E-state index contributed by atoms with van der Waals surface area (Å²) < 4.78 is 6.22. The van der Waals surface area contributed by atoms with E-state index in [-0.39, 0.29) is 5.60 Å². The van der Waals surface area contributed by atoms with Gasteiger partial charge >= 0.3 is 0 Å². The molecule has 116 valence electrons. The summed E-state index contributed by atoms with van der Waals surface area (Å²) in [5, 5.41) is 3.73. The number of nitrogens with one attached hydrogen (secondary N) is 1. The van der Waals surface area contributed by atoms with Crippen LogP contribution in [0.25, 0.3) is 0 Å². The maximum Gasteiger partial charge on any atom is 0.0783 e. The molecule has 3 fully saturated rings. The lowest BCUT2D eigenvalue weighted by Gasteiger charge is -2.48. The predicted octanol–water partition coefficient (Wildman–Crippen LogP) is 3.85. The van der Waals surface area contributed by atoms with E-state index >= 15 is 0 Å². The molecule has 3 atom stereocenters. The highest BCUT2D eigenvalue weighted by Gasteiger charge is 2.46. The molecular weight excluding hydrogens is 266 g/mol. The maximum atomic E-state index is 6.22. The fraction of sp³-hybridized carbons (Fsp3) is 1.00. The third-order valence-corrected chi connectivity index (χ3v) is 7.35. The van der Waals surface area contributed by atoms with Crippen molar-refractivity contribution in [3.8, 4) is 0 Å². The molecule has 1 N–H and O–H groups in total. The van der Waals surface area contributed by atoms with E-state index in [9.17, 15) is 0 Å². The fourth-order valence-corrected chi connectivity index (χ4v) is 6.42. The molecular formula is C17H31NOS. The van der Waals surface area contributed by atoms with E-state index in [1.165, 1.54) is 62.9 Å². The second-order valence-corrected chi connectivity index (χ2v) is 8.67. The van der Waals surface area contributed by atoms with Gasteiger partial charge in [-0.2, -0.15) is 11.8 Å². The van der Waals surface area contributed by atoms with Crippen molar-refractivity contribution >= 4 is 11.8 Å². The van der Waals surface area contributed by atoms with E-state index in [1.54, 1.807) is 0 Å². The largest absolute Gasteiger partial charge is 0.374 e. The smallest absolute Gasteiger partial charge is 0.0783 e. The first kappa shape index (κ1) is 15.2. The van der Waals surface area contributed by atoms with Gasteiger partial charge < -0.3 is 10.1 Å². The summed E-state index contributed by atoms with van der Waals surface area (Å²) in [5.74, 6) is 3.35.